The van der Waals surface area contributed by atoms with Crippen LogP contribution in [0, 0.1) is 0 Å². The van der Waals surface area contributed by atoms with Crippen molar-refractivity contribution in [2.45, 2.75) is 19.7 Å². The van der Waals surface area contributed by atoms with Crippen molar-refractivity contribution >= 4 is 5.78 Å². The molecule has 0 fully saturated rings. The van der Waals surface area contributed by atoms with Crippen LogP contribution in [0.25, 0.3) is 0 Å². The van der Waals surface area contributed by atoms with Gasteiger partial charge in [-0.05, 0) is 25.1 Å². The van der Waals surface area contributed by atoms with Crippen LogP contribution in [0.3, 0.4) is 0 Å². The monoisotopic (exact) mass is 271 g/mol. The van der Waals surface area contributed by atoms with Gasteiger partial charge in [-0.3, -0.25) is 10.1 Å². The Morgan fingerprint density at radius 2 is 1.85 bits per heavy atom. The lowest BCUT2D eigenvalue weighted by Gasteiger charge is -2.10. The SMILES string of the molecule is CC(O)NCc1cc(C(=O)c2ccccc2)ccc1O. The summed E-state index contributed by atoms with van der Waals surface area (Å²) in [7, 11) is 0. The minimum atomic E-state index is -0.678. The molecule has 2 rings (SSSR count). The highest BCUT2D eigenvalue weighted by Gasteiger charge is 2.11. The van der Waals surface area contributed by atoms with Gasteiger partial charge in [-0.1, -0.05) is 30.3 Å². The van der Waals surface area contributed by atoms with E-state index >= 15 is 0 Å². The first-order valence-corrected chi connectivity index (χ1v) is 6.41. The summed E-state index contributed by atoms with van der Waals surface area (Å²) in [6.07, 6.45) is -0.678. The molecule has 4 heteroatoms. The molecule has 0 heterocycles. The highest BCUT2D eigenvalue weighted by molar-refractivity contribution is 6.09. The molecule has 0 aliphatic carbocycles. The Balaban J connectivity index is 2.25. The van der Waals surface area contributed by atoms with Gasteiger partial charge in [-0.25, -0.2) is 0 Å². The average Bonchev–Trinajstić information content (AvgIpc) is 2.46. The standard InChI is InChI=1S/C16H17NO3/c1-11(18)17-10-14-9-13(7-8-15(14)19)16(20)12-5-3-2-4-6-12/h2-9,11,17-19H,10H2,1H3. The zero-order chi connectivity index (χ0) is 14.5. The second-order valence-electron chi connectivity index (χ2n) is 4.60. The normalized spacial score (nSPS) is 12.1. The molecule has 0 bridgehead atoms. The minimum absolute atomic E-state index is 0.0936. The van der Waals surface area contributed by atoms with Crippen LogP contribution in [0.15, 0.2) is 48.5 Å². The van der Waals surface area contributed by atoms with Crippen LogP contribution in [0.1, 0.15) is 28.4 Å². The summed E-state index contributed by atoms with van der Waals surface area (Å²) in [6, 6.07) is 13.7. The number of aromatic hydroxyl groups is 1. The number of aliphatic hydroxyl groups excluding tert-OH is 1. The molecule has 0 aliphatic heterocycles. The third-order valence-corrected chi connectivity index (χ3v) is 2.97. The number of hydrogen-bond donors (Lipinski definition) is 3. The molecule has 0 aromatic heterocycles. The molecule has 3 N–H and O–H groups in total. The largest absolute Gasteiger partial charge is 0.508 e. The second-order valence-corrected chi connectivity index (χ2v) is 4.60. The van der Waals surface area contributed by atoms with Gasteiger partial charge in [0.05, 0.1) is 0 Å². The lowest BCUT2D eigenvalue weighted by molar-refractivity contribution is 0.103. The molecular weight excluding hydrogens is 254 g/mol. The fraction of sp³-hybridized carbons (Fsp3) is 0.188. The molecule has 0 aliphatic rings. The lowest BCUT2D eigenvalue weighted by atomic mass is 10.0. The highest BCUT2D eigenvalue weighted by atomic mass is 16.3. The third kappa shape index (κ3) is 3.44. The molecule has 2 aromatic rings. The predicted octanol–water partition coefficient (Wildman–Crippen LogP) is 2.05. The first kappa shape index (κ1) is 14.2. The lowest BCUT2D eigenvalue weighted by Crippen LogP contribution is -2.24. The van der Waals surface area contributed by atoms with Crippen molar-refractivity contribution in [3.8, 4) is 5.75 Å². The Labute approximate surface area is 117 Å². The average molecular weight is 271 g/mol. The molecule has 0 saturated heterocycles. The molecule has 0 spiro atoms. The van der Waals surface area contributed by atoms with Crippen molar-refractivity contribution in [3.63, 3.8) is 0 Å². The molecule has 1 atom stereocenters. The van der Waals surface area contributed by atoms with Gasteiger partial charge >= 0.3 is 0 Å². The zero-order valence-corrected chi connectivity index (χ0v) is 11.2. The van der Waals surface area contributed by atoms with Crippen molar-refractivity contribution in [3.05, 3.63) is 65.2 Å². The molecule has 4 nitrogen and oxygen atoms in total. The Morgan fingerprint density at radius 3 is 2.50 bits per heavy atom. The van der Waals surface area contributed by atoms with Gasteiger partial charge in [0.15, 0.2) is 5.78 Å². The molecule has 0 amide bonds. The van der Waals surface area contributed by atoms with E-state index in [0.717, 1.165) is 0 Å². The Morgan fingerprint density at radius 1 is 1.15 bits per heavy atom. The molecule has 1 unspecified atom stereocenters. The van der Waals surface area contributed by atoms with Crippen molar-refractivity contribution in [2.24, 2.45) is 0 Å². The van der Waals surface area contributed by atoms with E-state index in [2.05, 4.69) is 5.32 Å². The van der Waals surface area contributed by atoms with Gasteiger partial charge in [0.1, 0.15) is 12.0 Å². The summed E-state index contributed by atoms with van der Waals surface area (Å²) in [6.45, 7) is 1.88. The van der Waals surface area contributed by atoms with E-state index in [1.807, 2.05) is 18.2 Å². The molecule has 20 heavy (non-hydrogen) atoms. The summed E-state index contributed by atoms with van der Waals surface area (Å²) in [4.78, 5) is 12.3. The number of phenolic OH excluding ortho intramolecular Hbond substituents is 1. The second kappa shape index (κ2) is 6.32. The predicted molar refractivity (Wildman–Crippen MR) is 76.5 cm³/mol. The maximum absolute atomic E-state index is 12.3. The number of rotatable bonds is 5. The molecule has 0 radical (unpaired) electrons. The van der Waals surface area contributed by atoms with E-state index in [9.17, 15) is 15.0 Å². The van der Waals surface area contributed by atoms with Crippen molar-refractivity contribution in [1.82, 2.24) is 5.32 Å². The van der Waals surface area contributed by atoms with Crippen molar-refractivity contribution in [1.29, 1.82) is 0 Å². The van der Waals surface area contributed by atoms with Crippen LogP contribution in [0.5, 0.6) is 5.75 Å². The van der Waals surface area contributed by atoms with E-state index < -0.39 is 6.23 Å². The quantitative estimate of drug-likeness (QED) is 0.575. The summed E-state index contributed by atoms with van der Waals surface area (Å²) in [5.74, 6) is 0.00617. The fourth-order valence-corrected chi connectivity index (χ4v) is 1.88. The maximum atomic E-state index is 12.3. The van der Waals surface area contributed by atoms with Crippen LogP contribution in [-0.2, 0) is 6.54 Å². The third-order valence-electron chi connectivity index (χ3n) is 2.97. The molecule has 104 valence electrons. The molecular formula is C16H17NO3. The van der Waals surface area contributed by atoms with Gasteiger partial charge < -0.3 is 10.2 Å². The fourth-order valence-electron chi connectivity index (χ4n) is 1.88. The van der Waals surface area contributed by atoms with Gasteiger partial charge in [0.2, 0.25) is 0 Å². The van der Waals surface area contributed by atoms with Crippen LogP contribution < -0.4 is 5.32 Å². The highest BCUT2D eigenvalue weighted by Crippen LogP contribution is 2.20. The van der Waals surface area contributed by atoms with E-state index in [0.29, 0.717) is 23.2 Å². The number of benzene rings is 2. The van der Waals surface area contributed by atoms with E-state index in [4.69, 9.17) is 0 Å². The van der Waals surface area contributed by atoms with E-state index in [1.54, 1.807) is 31.2 Å². The summed E-state index contributed by atoms with van der Waals surface area (Å²) in [5.41, 5.74) is 1.69. The van der Waals surface area contributed by atoms with E-state index in [1.165, 1.54) is 6.07 Å². The summed E-state index contributed by atoms with van der Waals surface area (Å²) < 4.78 is 0. The number of hydrogen-bond acceptors (Lipinski definition) is 4. The van der Waals surface area contributed by atoms with Crippen molar-refractivity contribution < 1.29 is 15.0 Å². The number of carbonyl (C=O) groups is 1. The number of nitrogens with one attached hydrogen (secondary N) is 1. The van der Waals surface area contributed by atoms with E-state index in [-0.39, 0.29) is 11.5 Å². The number of phenols is 1. The van der Waals surface area contributed by atoms with Gasteiger partial charge in [0.25, 0.3) is 0 Å². The molecule has 0 saturated carbocycles. The Kier molecular flexibility index (Phi) is 4.50. The van der Waals surface area contributed by atoms with Crippen molar-refractivity contribution in [2.75, 3.05) is 0 Å². The Hall–Kier alpha value is -2.17. The Bertz CT molecular complexity index is 594. The van der Waals surface area contributed by atoms with Crippen LogP contribution >= 0.6 is 0 Å². The minimum Gasteiger partial charge on any atom is -0.508 e. The van der Waals surface area contributed by atoms with Gasteiger partial charge in [-0.15, -0.1) is 0 Å². The summed E-state index contributed by atoms with van der Waals surface area (Å²) >= 11 is 0. The van der Waals surface area contributed by atoms with Crippen LogP contribution in [0.4, 0.5) is 0 Å². The summed E-state index contributed by atoms with van der Waals surface area (Å²) in [5, 5.41) is 21.8. The van der Waals surface area contributed by atoms with Crippen LogP contribution in [-0.4, -0.2) is 22.2 Å². The zero-order valence-electron chi connectivity index (χ0n) is 11.2. The van der Waals surface area contributed by atoms with Gasteiger partial charge in [-0.2, -0.15) is 0 Å². The van der Waals surface area contributed by atoms with Gasteiger partial charge in [0, 0.05) is 23.2 Å². The molecule has 2 aromatic carbocycles. The topological polar surface area (TPSA) is 69.6 Å². The number of aliphatic hydroxyl groups is 1. The first-order valence-electron chi connectivity index (χ1n) is 6.41. The maximum Gasteiger partial charge on any atom is 0.193 e. The van der Waals surface area contributed by atoms with Crippen LogP contribution in [0.2, 0.25) is 0 Å². The first-order chi connectivity index (χ1) is 9.58. The number of carbonyl (C=O) groups excluding carboxylic acids is 1. The smallest absolute Gasteiger partial charge is 0.193 e. The number of ketones is 1.